The van der Waals surface area contributed by atoms with Crippen molar-refractivity contribution in [3.8, 4) is 0 Å². The molecule has 0 aromatic heterocycles. The van der Waals surface area contributed by atoms with Gasteiger partial charge in [0.1, 0.15) is 0 Å². The fourth-order valence-corrected chi connectivity index (χ4v) is 1.67. The minimum absolute atomic E-state index is 0.0353. The maximum atomic E-state index is 12.3. The van der Waals surface area contributed by atoms with Gasteiger partial charge in [0.25, 0.3) is 0 Å². The van der Waals surface area contributed by atoms with Crippen molar-refractivity contribution in [2.75, 3.05) is 0 Å². The first kappa shape index (κ1) is 8.91. The van der Waals surface area contributed by atoms with Crippen LogP contribution in [0, 0.1) is 5.92 Å². The van der Waals surface area contributed by atoms with Gasteiger partial charge in [-0.25, -0.2) is 8.78 Å². The third-order valence-corrected chi connectivity index (χ3v) is 1.99. The van der Waals surface area contributed by atoms with E-state index in [0.29, 0.717) is 6.42 Å². The summed E-state index contributed by atoms with van der Waals surface area (Å²) >= 11 is 0. The first-order valence-corrected chi connectivity index (χ1v) is 3.95. The van der Waals surface area contributed by atoms with Gasteiger partial charge < -0.3 is 5.73 Å². The summed E-state index contributed by atoms with van der Waals surface area (Å²) in [6.07, 6.45) is 0.782. The molecule has 66 valence electrons. The summed E-state index contributed by atoms with van der Waals surface area (Å²) in [7, 11) is 0. The predicted molar refractivity (Wildman–Crippen MR) is 40.6 cm³/mol. The molecule has 2 N–H and O–H groups in total. The second-order valence-electron chi connectivity index (χ2n) is 4.32. The number of nitrogens with two attached hydrogens (primary N) is 1. The van der Waals surface area contributed by atoms with Gasteiger partial charge in [0.05, 0.1) is 0 Å². The van der Waals surface area contributed by atoms with E-state index in [1.54, 1.807) is 0 Å². The molecule has 1 aliphatic rings. The quantitative estimate of drug-likeness (QED) is 0.663. The maximum Gasteiger partial charge on any atom is 0.248 e. The lowest BCUT2D eigenvalue weighted by molar-refractivity contribution is -0.115. The Hall–Kier alpha value is -0.180. The number of alkyl halides is 2. The highest BCUT2D eigenvalue weighted by Crippen LogP contribution is 2.45. The van der Waals surface area contributed by atoms with Crippen molar-refractivity contribution in [3.63, 3.8) is 0 Å². The largest absolute Gasteiger partial charge is 0.326 e. The summed E-state index contributed by atoms with van der Waals surface area (Å²) in [5.74, 6) is -2.25. The molecule has 0 aliphatic heterocycles. The van der Waals surface area contributed by atoms with Crippen LogP contribution >= 0.6 is 0 Å². The van der Waals surface area contributed by atoms with Crippen LogP contribution in [-0.4, -0.2) is 11.5 Å². The first-order chi connectivity index (χ1) is 4.79. The highest BCUT2D eigenvalue weighted by molar-refractivity contribution is 4.90. The molecule has 1 nitrogen and oxygen atoms in total. The minimum atomic E-state index is -2.39. The number of hydrogen-bond donors (Lipinski definition) is 1. The lowest BCUT2D eigenvalue weighted by Gasteiger charge is -2.38. The van der Waals surface area contributed by atoms with E-state index in [1.165, 1.54) is 0 Å². The highest BCUT2D eigenvalue weighted by Gasteiger charge is 2.46. The van der Waals surface area contributed by atoms with E-state index >= 15 is 0 Å². The third kappa shape index (κ3) is 2.73. The van der Waals surface area contributed by atoms with Gasteiger partial charge in [-0.2, -0.15) is 0 Å². The van der Waals surface area contributed by atoms with Crippen LogP contribution in [-0.2, 0) is 0 Å². The summed E-state index contributed by atoms with van der Waals surface area (Å²) in [5, 5.41) is 0. The molecule has 0 heterocycles. The number of halogens is 2. The third-order valence-electron chi connectivity index (χ3n) is 1.99. The monoisotopic (exact) mass is 163 g/mol. The van der Waals surface area contributed by atoms with Crippen molar-refractivity contribution in [1.29, 1.82) is 0 Å². The fourth-order valence-electron chi connectivity index (χ4n) is 1.67. The SMILES string of the molecule is CC(C)(N)CC1CC(F)(F)C1. The molecule has 3 heteroatoms. The van der Waals surface area contributed by atoms with Crippen molar-refractivity contribution in [3.05, 3.63) is 0 Å². The van der Waals surface area contributed by atoms with Crippen LogP contribution in [0.3, 0.4) is 0 Å². The maximum absolute atomic E-state index is 12.3. The lowest BCUT2D eigenvalue weighted by Crippen LogP contribution is -2.42. The van der Waals surface area contributed by atoms with Gasteiger partial charge in [-0.05, 0) is 26.2 Å². The zero-order chi connectivity index (χ0) is 8.70. The van der Waals surface area contributed by atoms with E-state index in [9.17, 15) is 8.78 Å². The van der Waals surface area contributed by atoms with Gasteiger partial charge in [0.2, 0.25) is 5.92 Å². The molecule has 0 bridgehead atoms. The zero-order valence-corrected chi connectivity index (χ0v) is 7.03. The minimum Gasteiger partial charge on any atom is -0.326 e. The van der Waals surface area contributed by atoms with E-state index in [1.807, 2.05) is 13.8 Å². The molecule has 0 amide bonds. The molecule has 0 saturated heterocycles. The molecule has 0 unspecified atom stereocenters. The van der Waals surface area contributed by atoms with Gasteiger partial charge in [0, 0.05) is 18.4 Å². The Morgan fingerprint density at radius 3 is 2.18 bits per heavy atom. The van der Waals surface area contributed by atoms with Crippen molar-refractivity contribution in [2.45, 2.75) is 44.6 Å². The Kier molecular flexibility index (Phi) is 1.95. The molecular weight excluding hydrogens is 148 g/mol. The lowest BCUT2D eigenvalue weighted by atomic mass is 9.75. The number of hydrogen-bond acceptors (Lipinski definition) is 1. The standard InChI is InChI=1S/C8H15F2N/c1-7(2,11)3-6-4-8(9,10)5-6/h6H,3-5,11H2,1-2H3. The van der Waals surface area contributed by atoms with Crippen LogP contribution in [0.25, 0.3) is 0 Å². The predicted octanol–water partition coefficient (Wildman–Crippen LogP) is 2.16. The van der Waals surface area contributed by atoms with E-state index < -0.39 is 5.92 Å². The molecule has 0 spiro atoms. The summed E-state index contributed by atoms with van der Waals surface area (Å²) < 4.78 is 24.6. The summed E-state index contributed by atoms with van der Waals surface area (Å²) in [5.41, 5.74) is 5.40. The van der Waals surface area contributed by atoms with E-state index in [-0.39, 0.29) is 24.3 Å². The van der Waals surface area contributed by atoms with Crippen LogP contribution in [0.2, 0.25) is 0 Å². The van der Waals surface area contributed by atoms with Crippen molar-refractivity contribution >= 4 is 0 Å². The van der Waals surface area contributed by atoms with Crippen LogP contribution < -0.4 is 5.73 Å². The highest BCUT2D eigenvalue weighted by atomic mass is 19.3. The van der Waals surface area contributed by atoms with Crippen molar-refractivity contribution < 1.29 is 8.78 Å². The van der Waals surface area contributed by atoms with E-state index in [0.717, 1.165) is 0 Å². The van der Waals surface area contributed by atoms with Crippen LogP contribution in [0.1, 0.15) is 33.1 Å². The molecule has 0 atom stereocenters. The second-order valence-corrected chi connectivity index (χ2v) is 4.32. The normalized spacial score (nSPS) is 24.8. The van der Waals surface area contributed by atoms with Crippen LogP contribution in [0.5, 0.6) is 0 Å². The topological polar surface area (TPSA) is 26.0 Å². The molecule has 11 heavy (non-hydrogen) atoms. The molecule has 1 aliphatic carbocycles. The van der Waals surface area contributed by atoms with Crippen molar-refractivity contribution in [1.82, 2.24) is 0 Å². The van der Waals surface area contributed by atoms with E-state index in [4.69, 9.17) is 5.73 Å². The van der Waals surface area contributed by atoms with Crippen LogP contribution in [0.4, 0.5) is 8.78 Å². The zero-order valence-electron chi connectivity index (χ0n) is 7.03. The van der Waals surface area contributed by atoms with Gasteiger partial charge in [0.15, 0.2) is 0 Å². The smallest absolute Gasteiger partial charge is 0.248 e. The second kappa shape index (κ2) is 2.41. The average Bonchev–Trinajstić information content (AvgIpc) is 1.53. The molecule has 0 aromatic rings. The molecule has 1 saturated carbocycles. The molecule has 0 aromatic carbocycles. The Morgan fingerprint density at radius 2 is 1.91 bits per heavy atom. The van der Waals surface area contributed by atoms with Gasteiger partial charge >= 0.3 is 0 Å². The Bertz CT molecular complexity index is 141. The van der Waals surface area contributed by atoms with Gasteiger partial charge in [-0.1, -0.05) is 0 Å². The van der Waals surface area contributed by atoms with E-state index in [2.05, 4.69) is 0 Å². The summed E-state index contributed by atoms with van der Waals surface area (Å²) in [6, 6.07) is 0. The Morgan fingerprint density at radius 1 is 1.45 bits per heavy atom. The average molecular weight is 163 g/mol. The molecular formula is C8H15F2N. The Balaban J connectivity index is 2.24. The molecule has 1 fully saturated rings. The first-order valence-electron chi connectivity index (χ1n) is 3.95. The molecule has 1 rings (SSSR count). The fraction of sp³-hybridized carbons (Fsp3) is 1.00. The van der Waals surface area contributed by atoms with Crippen molar-refractivity contribution in [2.24, 2.45) is 11.7 Å². The summed E-state index contributed by atoms with van der Waals surface area (Å²) in [4.78, 5) is 0. The van der Waals surface area contributed by atoms with Gasteiger partial charge in [-0.3, -0.25) is 0 Å². The Labute approximate surface area is 66.0 Å². The molecule has 0 radical (unpaired) electrons. The van der Waals surface area contributed by atoms with Crippen LogP contribution in [0.15, 0.2) is 0 Å². The number of rotatable bonds is 2. The van der Waals surface area contributed by atoms with Gasteiger partial charge in [-0.15, -0.1) is 0 Å². The summed E-state index contributed by atoms with van der Waals surface area (Å²) in [6.45, 7) is 3.76.